The molecule has 0 saturated heterocycles. The number of rotatable bonds is 4. The Balaban J connectivity index is 2.30. The van der Waals surface area contributed by atoms with E-state index in [-0.39, 0.29) is 5.96 Å². The molecule has 0 bridgehead atoms. The van der Waals surface area contributed by atoms with Gasteiger partial charge in [0.05, 0.1) is 5.69 Å². The second kappa shape index (κ2) is 7.15. The van der Waals surface area contributed by atoms with E-state index in [0.717, 1.165) is 9.99 Å². The first-order valence-electron chi connectivity index (χ1n) is 7.03. The Morgan fingerprint density at radius 2 is 1.43 bits per heavy atom. The number of hydrogen-bond donors (Lipinski definition) is 1. The summed E-state index contributed by atoms with van der Waals surface area (Å²) in [4.78, 5) is 1.61. The van der Waals surface area contributed by atoms with Crippen LogP contribution in [0.25, 0.3) is 0 Å². The molecular weight excluding hydrogens is 312 g/mol. The standard InChI is InChI=1S/C16H20N4O2S/c1-19(2)16(17-14-10-6-4-7-11-14)18-23(21,22)20(3)15-12-8-5-9-13-15/h4-13H,1-3H3,(H,17,18). The van der Waals surface area contributed by atoms with Gasteiger partial charge in [-0.15, -0.1) is 4.40 Å². The van der Waals surface area contributed by atoms with Crippen molar-refractivity contribution in [2.45, 2.75) is 0 Å². The fraction of sp³-hybridized carbons (Fsp3) is 0.188. The van der Waals surface area contributed by atoms with E-state index < -0.39 is 10.2 Å². The van der Waals surface area contributed by atoms with Gasteiger partial charge in [-0.1, -0.05) is 36.4 Å². The van der Waals surface area contributed by atoms with Crippen LogP contribution in [0.4, 0.5) is 11.4 Å². The van der Waals surface area contributed by atoms with Gasteiger partial charge in [-0.3, -0.25) is 4.31 Å². The van der Waals surface area contributed by atoms with E-state index in [1.807, 2.05) is 36.4 Å². The van der Waals surface area contributed by atoms with E-state index >= 15 is 0 Å². The van der Waals surface area contributed by atoms with E-state index in [1.165, 1.54) is 7.05 Å². The minimum Gasteiger partial charge on any atom is -0.348 e. The molecule has 0 atom stereocenters. The van der Waals surface area contributed by atoms with Crippen molar-refractivity contribution in [1.82, 2.24) is 4.90 Å². The first-order valence-corrected chi connectivity index (χ1v) is 8.43. The highest BCUT2D eigenvalue weighted by Gasteiger charge is 2.19. The number of hydrogen-bond acceptors (Lipinski definition) is 2. The maximum absolute atomic E-state index is 12.5. The van der Waals surface area contributed by atoms with E-state index in [2.05, 4.69) is 9.71 Å². The molecule has 122 valence electrons. The van der Waals surface area contributed by atoms with Crippen molar-refractivity contribution in [3.05, 3.63) is 60.7 Å². The molecule has 0 aliphatic carbocycles. The van der Waals surface area contributed by atoms with Gasteiger partial charge in [0.1, 0.15) is 0 Å². The van der Waals surface area contributed by atoms with Crippen LogP contribution in [0.2, 0.25) is 0 Å². The van der Waals surface area contributed by atoms with Gasteiger partial charge in [0.25, 0.3) is 0 Å². The number of para-hydroxylation sites is 2. The fourth-order valence-electron chi connectivity index (χ4n) is 1.81. The zero-order chi connectivity index (χ0) is 16.9. The average Bonchev–Trinajstić information content (AvgIpc) is 2.55. The van der Waals surface area contributed by atoms with Crippen LogP contribution in [0, 0.1) is 0 Å². The molecular formula is C16H20N4O2S. The van der Waals surface area contributed by atoms with Crippen LogP contribution in [0.1, 0.15) is 0 Å². The molecule has 2 aromatic carbocycles. The molecule has 0 heterocycles. The highest BCUT2D eigenvalue weighted by Crippen LogP contribution is 2.16. The predicted octanol–water partition coefficient (Wildman–Crippen LogP) is 2.40. The van der Waals surface area contributed by atoms with E-state index in [0.29, 0.717) is 5.69 Å². The van der Waals surface area contributed by atoms with E-state index in [9.17, 15) is 8.42 Å². The van der Waals surface area contributed by atoms with Crippen molar-refractivity contribution in [2.24, 2.45) is 4.40 Å². The van der Waals surface area contributed by atoms with Gasteiger partial charge in [-0.2, -0.15) is 8.42 Å². The monoisotopic (exact) mass is 332 g/mol. The van der Waals surface area contributed by atoms with Crippen LogP contribution in [0.3, 0.4) is 0 Å². The summed E-state index contributed by atoms with van der Waals surface area (Å²) in [6.45, 7) is 0. The van der Waals surface area contributed by atoms with Crippen LogP contribution in [-0.4, -0.2) is 40.4 Å². The topological polar surface area (TPSA) is 65.0 Å². The SMILES string of the molecule is CN(C)/C(=N\S(=O)(=O)N(C)c1ccccc1)Nc1ccccc1. The zero-order valence-corrected chi connectivity index (χ0v) is 14.2. The average molecular weight is 332 g/mol. The predicted molar refractivity (Wildman–Crippen MR) is 95.0 cm³/mol. The lowest BCUT2D eigenvalue weighted by Crippen LogP contribution is -2.34. The van der Waals surface area contributed by atoms with Crippen molar-refractivity contribution in [2.75, 3.05) is 30.8 Å². The molecule has 0 aliphatic heterocycles. The molecule has 0 amide bonds. The quantitative estimate of drug-likeness (QED) is 0.690. The second-order valence-electron chi connectivity index (χ2n) is 5.08. The molecule has 23 heavy (non-hydrogen) atoms. The van der Waals surface area contributed by atoms with Crippen LogP contribution < -0.4 is 9.62 Å². The first-order chi connectivity index (χ1) is 10.9. The summed E-state index contributed by atoms with van der Waals surface area (Å²) in [7, 11) is 1.07. The van der Waals surface area contributed by atoms with E-state index in [1.54, 1.807) is 43.3 Å². The van der Waals surface area contributed by atoms with Gasteiger partial charge >= 0.3 is 10.2 Å². The molecule has 0 radical (unpaired) electrons. The van der Waals surface area contributed by atoms with Crippen molar-refractivity contribution in [3.63, 3.8) is 0 Å². The fourth-order valence-corrected chi connectivity index (χ4v) is 2.75. The van der Waals surface area contributed by atoms with Crippen molar-refractivity contribution in [1.29, 1.82) is 0 Å². The molecule has 0 unspecified atom stereocenters. The summed E-state index contributed by atoms with van der Waals surface area (Å²) in [5.41, 5.74) is 1.31. The van der Waals surface area contributed by atoms with Crippen LogP contribution in [0.5, 0.6) is 0 Å². The second-order valence-corrected chi connectivity index (χ2v) is 6.71. The van der Waals surface area contributed by atoms with Crippen molar-refractivity contribution >= 4 is 27.5 Å². The number of guanidine groups is 1. The Kier molecular flexibility index (Phi) is 5.23. The summed E-state index contributed by atoms with van der Waals surface area (Å²) in [5, 5.41) is 3.01. The van der Waals surface area contributed by atoms with E-state index in [4.69, 9.17) is 0 Å². The molecule has 2 aromatic rings. The van der Waals surface area contributed by atoms with Crippen LogP contribution in [0.15, 0.2) is 65.1 Å². The molecule has 0 aliphatic rings. The van der Waals surface area contributed by atoms with Gasteiger partial charge in [0.15, 0.2) is 0 Å². The van der Waals surface area contributed by atoms with Gasteiger partial charge in [0.2, 0.25) is 5.96 Å². The third-order valence-corrected chi connectivity index (χ3v) is 4.43. The summed E-state index contributed by atoms with van der Waals surface area (Å²) in [6.07, 6.45) is 0. The maximum Gasteiger partial charge on any atom is 0.347 e. The molecule has 1 N–H and O–H groups in total. The Labute approximate surface area is 137 Å². The molecule has 7 heteroatoms. The highest BCUT2D eigenvalue weighted by molar-refractivity contribution is 7.91. The molecule has 0 aromatic heterocycles. The lowest BCUT2D eigenvalue weighted by atomic mass is 10.3. The molecule has 0 saturated carbocycles. The first kappa shape index (κ1) is 16.8. The summed E-state index contributed by atoms with van der Waals surface area (Å²) < 4.78 is 30.1. The smallest absolute Gasteiger partial charge is 0.347 e. The van der Waals surface area contributed by atoms with Crippen molar-refractivity contribution in [3.8, 4) is 0 Å². The Bertz CT molecular complexity index is 759. The van der Waals surface area contributed by atoms with Gasteiger partial charge in [-0.25, -0.2) is 0 Å². The van der Waals surface area contributed by atoms with Gasteiger partial charge < -0.3 is 10.2 Å². The highest BCUT2D eigenvalue weighted by atomic mass is 32.2. The molecule has 0 spiro atoms. The van der Waals surface area contributed by atoms with Crippen LogP contribution in [-0.2, 0) is 10.2 Å². The number of nitrogens with one attached hydrogen (secondary N) is 1. The molecule has 2 rings (SSSR count). The Morgan fingerprint density at radius 1 is 0.913 bits per heavy atom. The number of anilines is 2. The molecule has 0 fully saturated rings. The lowest BCUT2D eigenvalue weighted by molar-refractivity contribution is 0.590. The summed E-state index contributed by atoms with van der Waals surface area (Å²) in [6, 6.07) is 18.1. The zero-order valence-electron chi connectivity index (χ0n) is 13.3. The summed E-state index contributed by atoms with van der Waals surface area (Å²) in [5.74, 6) is 0.235. The minimum absolute atomic E-state index is 0.235. The minimum atomic E-state index is -3.86. The summed E-state index contributed by atoms with van der Waals surface area (Å²) >= 11 is 0. The molecule has 6 nitrogen and oxygen atoms in total. The van der Waals surface area contributed by atoms with Gasteiger partial charge in [0, 0.05) is 26.8 Å². The number of benzene rings is 2. The third-order valence-electron chi connectivity index (χ3n) is 3.12. The Hall–Kier alpha value is -2.54. The lowest BCUT2D eigenvalue weighted by Gasteiger charge is -2.20. The van der Waals surface area contributed by atoms with Crippen LogP contribution >= 0.6 is 0 Å². The largest absolute Gasteiger partial charge is 0.348 e. The number of nitrogens with zero attached hydrogens (tertiary/aromatic N) is 3. The Morgan fingerprint density at radius 3 is 1.96 bits per heavy atom. The van der Waals surface area contributed by atoms with Crippen molar-refractivity contribution < 1.29 is 8.42 Å². The maximum atomic E-state index is 12.5. The normalized spacial score (nSPS) is 11.9. The third kappa shape index (κ3) is 4.46. The van der Waals surface area contributed by atoms with Gasteiger partial charge in [-0.05, 0) is 24.3 Å².